The SMILES string of the molecule is CC(C)=NCC(=S)OC(C)C. The number of hydrogen-bond donors (Lipinski definition) is 0. The zero-order valence-electron chi connectivity index (χ0n) is 7.55. The van der Waals surface area contributed by atoms with Crippen LogP contribution in [0.4, 0.5) is 0 Å². The third kappa shape index (κ3) is 7.46. The second-order valence-corrected chi connectivity index (χ2v) is 3.26. The lowest BCUT2D eigenvalue weighted by Crippen LogP contribution is -2.12. The molecule has 3 heteroatoms. The molecule has 0 aliphatic rings. The summed E-state index contributed by atoms with van der Waals surface area (Å²) >= 11 is 4.92. The Labute approximate surface area is 73.7 Å². The van der Waals surface area contributed by atoms with Crippen LogP contribution in [0.5, 0.6) is 0 Å². The summed E-state index contributed by atoms with van der Waals surface area (Å²) in [6, 6.07) is 0. The molecule has 0 N–H and O–H groups in total. The van der Waals surface area contributed by atoms with Crippen LogP contribution in [0.25, 0.3) is 0 Å². The van der Waals surface area contributed by atoms with Gasteiger partial charge in [-0.15, -0.1) is 0 Å². The third-order valence-corrected chi connectivity index (χ3v) is 1.12. The maximum absolute atomic E-state index is 5.22. The van der Waals surface area contributed by atoms with Crippen molar-refractivity contribution in [2.45, 2.75) is 33.8 Å². The first kappa shape index (κ1) is 10.6. The zero-order valence-corrected chi connectivity index (χ0v) is 8.36. The smallest absolute Gasteiger partial charge is 0.181 e. The van der Waals surface area contributed by atoms with Crippen LogP contribution in [-0.4, -0.2) is 23.4 Å². The third-order valence-electron chi connectivity index (χ3n) is 0.892. The van der Waals surface area contributed by atoms with Crippen LogP contribution in [0.2, 0.25) is 0 Å². The molecule has 2 nitrogen and oxygen atoms in total. The van der Waals surface area contributed by atoms with Gasteiger partial charge in [0, 0.05) is 5.71 Å². The predicted octanol–water partition coefficient (Wildman–Crippen LogP) is 2.22. The summed E-state index contributed by atoms with van der Waals surface area (Å²) in [6.07, 6.45) is 0.162. The van der Waals surface area contributed by atoms with Gasteiger partial charge in [0.15, 0.2) is 5.05 Å². The molecule has 0 radical (unpaired) electrons. The highest BCUT2D eigenvalue weighted by Gasteiger charge is 1.98. The van der Waals surface area contributed by atoms with Crippen LogP contribution in [0.1, 0.15) is 27.7 Å². The van der Waals surface area contributed by atoms with Gasteiger partial charge in [-0.25, -0.2) is 0 Å². The molecule has 0 aliphatic carbocycles. The highest BCUT2D eigenvalue weighted by atomic mass is 32.1. The van der Waals surface area contributed by atoms with Crippen LogP contribution in [0.15, 0.2) is 4.99 Å². The monoisotopic (exact) mass is 173 g/mol. The molecular formula is C8H15NOS. The summed E-state index contributed by atoms with van der Waals surface area (Å²) < 4.78 is 5.22. The molecule has 0 aliphatic heterocycles. The van der Waals surface area contributed by atoms with E-state index >= 15 is 0 Å². The van der Waals surface area contributed by atoms with Crippen molar-refractivity contribution < 1.29 is 4.74 Å². The zero-order chi connectivity index (χ0) is 8.85. The number of thiocarbonyl (C=S) groups is 1. The average Bonchev–Trinajstić information content (AvgIpc) is 1.82. The predicted molar refractivity (Wildman–Crippen MR) is 52.5 cm³/mol. The van der Waals surface area contributed by atoms with Crippen molar-refractivity contribution in [2.75, 3.05) is 6.54 Å². The lowest BCUT2D eigenvalue weighted by atomic mass is 10.5. The highest BCUT2D eigenvalue weighted by molar-refractivity contribution is 7.80. The van der Waals surface area contributed by atoms with E-state index in [1.165, 1.54) is 0 Å². The van der Waals surface area contributed by atoms with Gasteiger partial charge >= 0.3 is 0 Å². The summed E-state index contributed by atoms with van der Waals surface area (Å²) in [6.45, 7) is 8.30. The molecule has 0 saturated carbocycles. The number of ether oxygens (including phenoxy) is 1. The van der Waals surface area contributed by atoms with Gasteiger partial charge in [0.1, 0.15) is 6.54 Å². The molecule has 0 rings (SSSR count). The Kier molecular flexibility index (Phi) is 5.03. The fraction of sp³-hybridized carbons (Fsp3) is 0.750. The van der Waals surface area contributed by atoms with E-state index in [0.29, 0.717) is 11.6 Å². The van der Waals surface area contributed by atoms with E-state index in [9.17, 15) is 0 Å². The van der Waals surface area contributed by atoms with Gasteiger partial charge in [-0.05, 0) is 39.9 Å². The van der Waals surface area contributed by atoms with E-state index in [1.807, 2.05) is 27.7 Å². The lowest BCUT2D eigenvalue weighted by molar-refractivity contribution is 0.232. The first-order chi connectivity index (χ1) is 5.02. The topological polar surface area (TPSA) is 21.6 Å². The Morgan fingerprint density at radius 1 is 1.45 bits per heavy atom. The van der Waals surface area contributed by atoms with Crippen molar-refractivity contribution in [2.24, 2.45) is 4.99 Å². The minimum atomic E-state index is 0.162. The highest BCUT2D eigenvalue weighted by Crippen LogP contribution is 1.92. The molecule has 0 saturated heterocycles. The van der Waals surface area contributed by atoms with Gasteiger partial charge in [-0.1, -0.05) is 0 Å². The van der Waals surface area contributed by atoms with Crippen LogP contribution in [-0.2, 0) is 4.74 Å². The summed E-state index contributed by atoms with van der Waals surface area (Å²) in [5.74, 6) is 0. The van der Waals surface area contributed by atoms with E-state index in [1.54, 1.807) is 0 Å². The Balaban J connectivity index is 3.62. The first-order valence-corrected chi connectivity index (χ1v) is 4.10. The van der Waals surface area contributed by atoms with E-state index in [2.05, 4.69) is 4.99 Å². The molecule has 0 amide bonds. The second kappa shape index (κ2) is 5.24. The number of rotatable bonds is 3. The van der Waals surface area contributed by atoms with E-state index < -0.39 is 0 Å². The molecule has 0 heterocycles. The molecule has 0 unspecified atom stereocenters. The minimum Gasteiger partial charge on any atom is -0.482 e. The summed E-state index contributed by atoms with van der Waals surface area (Å²) in [5, 5.41) is 0.571. The van der Waals surface area contributed by atoms with Crippen LogP contribution < -0.4 is 0 Å². The maximum Gasteiger partial charge on any atom is 0.181 e. The lowest BCUT2D eigenvalue weighted by Gasteiger charge is -2.08. The molecule has 0 aromatic heterocycles. The average molecular weight is 173 g/mol. The van der Waals surface area contributed by atoms with Crippen LogP contribution >= 0.6 is 12.2 Å². The Hall–Kier alpha value is -0.440. The van der Waals surface area contributed by atoms with Gasteiger partial charge in [0.2, 0.25) is 0 Å². The van der Waals surface area contributed by atoms with Crippen LogP contribution in [0.3, 0.4) is 0 Å². The van der Waals surface area contributed by atoms with Crippen molar-refractivity contribution in [3.63, 3.8) is 0 Å². The number of nitrogens with zero attached hydrogens (tertiary/aromatic N) is 1. The van der Waals surface area contributed by atoms with Crippen LogP contribution in [0, 0.1) is 0 Å². The van der Waals surface area contributed by atoms with Gasteiger partial charge in [0.05, 0.1) is 6.10 Å². The molecule has 0 spiro atoms. The maximum atomic E-state index is 5.22. The molecular weight excluding hydrogens is 158 g/mol. The first-order valence-electron chi connectivity index (χ1n) is 3.69. The van der Waals surface area contributed by atoms with E-state index in [-0.39, 0.29) is 6.10 Å². The van der Waals surface area contributed by atoms with Gasteiger partial charge < -0.3 is 4.74 Å². The second-order valence-electron chi connectivity index (χ2n) is 2.80. The Morgan fingerprint density at radius 2 is 2.00 bits per heavy atom. The van der Waals surface area contributed by atoms with E-state index in [4.69, 9.17) is 17.0 Å². The number of hydrogen-bond acceptors (Lipinski definition) is 3. The normalized spacial score (nSPS) is 9.55. The molecule has 0 fully saturated rings. The standard InChI is InChI=1S/C8H15NOS/c1-6(2)9-5-8(11)10-7(3)4/h7H,5H2,1-4H3. The molecule has 11 heavy (non-hydrogen) atoms. The summed E-state index contributed by atoms with van der Waals surface area (Å²) in [7, 11) is 0. The van der Waals surface area contributed by atoms with Crippen molar-refractivity contribution in [3.8, 4) is 0 Å². The largest absolute Gasteiger partial charge is 0.482 e. The Morgan fingerprint density at radius 3 is 2.36 bits per heavy atom. The molecule has 0 aromatic rings. The molecule has 0 atom stereocenters. The van der Waals surface area contributed by atoms with Crippen molar-refractivity contribution in [1.82, 2.24) is 0 Å². The molecule has 64 valence electrons. The van der Waals surface area contributed by atoms with E-state index in [0.717, 1.165) is 5.71 Å². The van der Waals surface area contributed by atoms with Crippen molar-refractivity contribution >= 4 is 23.0 Å². The van der Waals surface area contributed by atoms with Gasteiger partial charge in [-0.3, -0.25) is 4.99 Å². The fourth-order valence-electron chi connectivity index (χ4n) is 0.523. The fourth-order valence-corrected chi connectivity index (χ4v) is 0.780. The van der Waals surface area contributed by atoms with Crippen molar-refractivity contribution in [1.29, 1.82) is 0 Å². The summed E-state index contributed by atoms with van der Waals surface area (Å²) in [4.78, 5) is 4.13. The quantitative estimate of drug-likeness (QED) is 0.482. The van der Waals surface area contributed by atoms with Gasteiger partial charge in [0.25, 0.3) is 0 Å². The molecule has 0 aromatic carbocycles. The summed E-state index contributed by atoms with van der Waals surface area (Å²) in [5.41, 5.74) is 1.03. The molecule has 0 bridgehead atoms. The minimum absolute atomic E-state index is 0.162. The van der Waals surface area contributed by atoms with Crippen molar-refractivity contribution in [3.05, 3.63) is 0 Å². The number of aliphatic imine (C=N–C) groups is 1. The Bertz CT molecular complexity index is 159. The van der Waals surface area contributed by atoms with Gasteiger partial charge in [-0.2, -0.15) is 0 Å².